The first kappa shape index (κ1) is 12.2. The van der Waals surface area contributed by atoms with Gasteiger partial charge in [-0.05, 0) is 30.3 Å². The number of aromatic nitrogens is 1. The van der Waals surface area contributed by atoms with Crippen molar-refractivity contribution in [3.8, 4) is 5.75 Å². The third-order valence-corrected chi connectivity index (χ3v) is 3.46. The third-order valence-electron chi connectivity index (χ3n) is 3.25. The highest BCUT2D eigenvalue weighted by atomic mass is 32.1. The van der Waals surface area contributed by atoms with Crippen LogP contribution in [0.1, 0.15) is 11.3 Å². The Bertz CT molecular complexity index is 638. The molecule has 2 heterocycles. The van der Waals surface area contributed by atoms with Crippen LogP contribution in [0.3, 0.4) is 0 Å². The Morgan fingerprint density at radius 1 is 1.47 bits per heavy atom. The first-order chi connectivity index (χ1) is 9.13. The van der Waals surface area contributed by atoms with E-state index < -0.39 is 0 Å². The van der Waals surface area contributed by atoms with E-state index >= 15 is 0 Å². The molecule has 98 valence electrons. The topological polar surface area (TPSA) is 40.2 Å². The van der Waals surface area contributed by atoms with Crippen LogP contribution < -0.4 is 10.5 Å². The quantitative estimate of drug-likeness (QED) is 0.874. The number of nitrogens with two attached hydrogens (primary N) is 1. The van der Waals surface area contributed by atoms with Crippen molar-refractivity contribution in [3.63, 3.8) is 0 Å². The second kappa shape index (κ2) is 4.66. The second-order valence-electron chi connectivity index (χ2n) is 4.61. The molecule has 5 heteroatoms. The Balaban J connectivity index is 1.77. The lowest BCUT2D eigenvalue weighted by Gasteiger charge is -2.14. The van der Waals surface area contributed by atoms with Crippen LogP contribution in [0.25, 0.3) is 0 Å². The molecule has 0 saturated heterocycles. The third kappa shape index (κ3) is 2.33. The molecule has 3 nitrogen and oxygen atoms in total. The Labute approximate surface area is 115 Å². The summed E-state index contributed by atoms with van der Waals surface area (Å²) in [5, 5.41) is 0. The van der Waals surface area contributed by atoms with Crippen LogP contribution >= 0.6 is 12.2 Å². The number of fused-ring (bicyclic) bond motifs is 1. The van der Waals surface area contributed by atoms with Gasteiger partial charge in [0.25, 0.3) is 0 Å². The number of halogens is 1. The maximum absolute atomic E-state index is 13.1. The molecule has 1 aromatic carbocycles. The summed E-state index contributed by atoms with van der Waals surface area (Å²) in [6.07, 6.45) is 2.60. The van der Waals surface area contributed by atoms with E-state index in [2.05, 4.69) is 0 Å². The summed E-state index contributed by atoms with van der Waals surface area (Å²) >= 11 is 5.00. The van der Waals surface area contributed by atoms with Crippen molar-refractivity contribution < 1.29 is 9.13 Å². The van der Waals surface area contributed by atoms with Crippen LogP contribution in [0, 0.1) is 5.82 Å². The molecular weight excluding hydrogens is 263 g/mol. The Morgan fingerprint density at radius 3 is 3.11 bits per heavy atom. The molecule has 0 fully saturated rings. The molecule has 19 heavy (non-hydrogen) atoms. The first-order valence-electron chi connectivity index (χ1n) is 6.03. The molecule has 2 N–H and O–H groups in total. The van der Waals surface area contributed by atoms with Crippen LogP contribution in [-0.4, -0.2) is 15.7 Å². The number of hydrogen-bond donors (Lipinski definition) is 1. The van der Waals surface area contributed by atoms with Gasteiger partial charge in [-0.25, -0.2) is 4.39 Å². The summed E-state index contributed by atoms with van der Waals surface area (Å²) in [6, 6.07) is 8.39. The molecule has 0 saturated carbocycles. The van der Waals surface area contributed by atoms with Gasteiger partial charge in [-0.15, -0.1) is 0 Å². The van der Waals surface area contributed by atoms with Gasteiger partial charge in [0.2, 0.25) is 0 Å². The standard InChI is InChI=1S/C14H13FN2OS/c15-10-3-4-13-9(6-10)7-11(18-13)8-17-5-1-2-12(17)14(16)19/h1-6,11H,7-8H2,(H2,16,19). The molecule has 1 aromatic heterocycles. The number of benzene rings is 1. The van der Waals surface area contributed by atoms with E-state index in [4.69, 9.17) is 22.7 Å². The number of nitrogens with zero attached hydrogens (tertiary/aromatic N) is 1. The number of rotatable bonds is 3. The van der Waals surface area contributed by atoms with E-state index in [1.54, 1.807) is 6.07 Å². The highest BCUT2D eigenvalue weighted by Gasteiger charge is 2.24. The normalized spacial score (nSPS) is 17.0. The Kier molecular flexibility index (Phi) is 2.98. The molecule has 0 amide bonds. The van der Waals surface area contributed by atoms with Crippen LogP contribution in [0.15, 0.2) is 36.5 Å². The summed E-state index contributed by atoms with van der Waals surface area (Å²) in [6.45, 7) is 0.649. The highest BCUT2D eigenvalue weighted by molar-refractivity contribution is 7.80. The monoisotopic (exact) mass is 276 g/mol. The van der Waals surface area contributed by atoms with E-state index in [1.165, 1.54) is 12.1 Å². The van der Waals surface area contributed by atoms with E-state index in [9.17, 15) is 4.39 Å². The van der Waals surface area contributed by atoms with Crippen molar-refractivity contribution in [2.45, 2.75) is 19.1 Å². The van der Waals surface area contributed by atoms with Crippen molar-refractivity contribution in [2.24, 2.45) is 5.73 Å². The highest BCUT2D eigenvalue weighted by Crippen LogP contribution is 2.30. The molecule has 2 aromatic rings. The Morgan fingerprint density at radius 2 is 2.32 bits per heavy atom. The molecule has 0 spiro atoms. The van der Waals surface area contributed by atoms with Gasteiger partial charge in [-0.2, -0.15) is 0 Å². The number of thiocarbonyl (C=S) groups is 1. The second-order valence-corrected chi connectivity index (χ2v) is 5.05. The van der Waals surface area contributed by atoms with Crippen LogP contribution in [0.2, 0.25) is 0 Å². The predicted octanol–water partition coefficient (Wildman–Crippen LogP) is 2.27. The zero-order chi connectivity index (χ0) is 13.4. The smallest absolute Gasteiger partial charge is 0.123 e. The molecule has 1 unspecified atom stereocenters. The van der Waals surface area contributed by atoms with E-state index in [-0.39, 0.29) is 11.9 Å². The van der Waals surface area contributed by atoms with Crippen LogP contribution in [0.5, 0.6) is 5.75 Å². The largest absolute Gasteiger partial charge is 0.488 e. The van der Waals surface area contributed by atoms with Crippen molar-refractivity contribution >= 4 is 17.2 Å². The average Bonchev–Trinajstić information content (AvgIpc) is 2.95. The summed E-state index contributed by atoms with van der Waals surface area (Å²) < 4.78 is 20.9. The fourth-order valence-corrected chi connectivity index (χ4v) is 2.59. The van der Waals surface area contributed by atoms with E-state index in [0.717, 1.165) is 17.0 Å². The lowest BCUT2D eigenvalue weighted by Crippen LogP contribution is -2.24. The van der Waals surface area contributed by atoms with E-state index in [1.807, 2.05) is 22.9 Å². The maximum atomic E-state index is 13.1. The minimum absolute atomic E-state index is 0.0164. The molecule has 1 aliphatic heterocycles. The predicted molar refractivity (Wildman–Crippen MR) is 74.8 cm³/mol. The molecule has 1 atom stereocenters. The molecule has 3 rings (SSSR count). The zero-order valence-corrected chi connectivity index (χ0v) is 11.0. The average molecular weight is 276 g/mol. The SMILES string of the molecule is NC(=S)c1cccn1CC1Cc2cc(F)ccc2O1. The van der Waals surface area contributed by atoms with Gasteiger partial charge in [0.15, 0.2) is 0 Å². The minimum Gasteiger partial charge on any atom is -0.488 e. The van der Waals surface area contributed by atoms with Crippen molar-refractivity contribution in [3.05, 3.63) is 53.6 Å². The van der Waals surface area contributed by atoms with Gasteiger partial charge in [-0.1, -0.05) is 12.2 Å². The van der Waals surface area contributed by atoms with E-state index in [0.29, 0.717) is 18.0 Å². The van der Waals surface area contributed by atoms with Crippen LogP contribution in [-0.2, 0) is 13.0 Å². The van der Waals surface area contributed by atoms with Crippen molar-refractivity contribution in [2.75, 3.05) is 0 Å². The number of hydrogen-bond acceptors (Lipinski definition) is 2. The first-order valence-corrected chi connectivity index (χ1v) is 6.44. The summed E-state index contributed by atoms with van der Waals surface area (Å²) in [7, 11) is 0. The zero-order valence-electron chi connectivity index (χ0n) is 10.2. The van der Waals surface area contributed by atoms with Gasteiger partial charge in [-0.3, -0.25) is 0 Å². The van der Waals surface area contributed by atoms with Gasteiger partial charge < -0.3 is 15.0 Å². The molecular formula is C14H13FN2OS. The van der Waals surface area contributed by atoms with Gasteiger partial charge in [0.1, 0.15) is 22.7 Å². The number of ether oxygens (including phenoxy) is 1. The summed E-state index contributed by atoms with van der Waals surface area (Å²) in [5.41, 5.74) is 7.39. The lowest BCUT2D eigenvalue weighted by atomic mass is 10.1. The molecule has 1 aliphatic rings. The lowest BCUT2D eigenvalue weighted by molar-refractivity contribution is 0.209. The van der Waals surface area contributed by atoms with Crippen molar-refractivity contribution in [1.29, 1.82) is 0 Å². The molecule has 0 bridgehead atoms. The Hall–Kier alpha value is -1.88. The summed E-state index contributed by atoms with van der Waals surface area (Å²) in [5.74, 6) is 0.531. The van der Waals surface area contributed by atoms with Crippen LogP contribution in [0.4, 0.5) is 4.39 Å². The molecule has 0 radical (unpaired) electrons. The minimum atomic E-state index is -0.229. The fourth-order valence-electron chi connectivity index (χ4n) is 2.41. The summed E-state index contributed by atoms with van der Waals surface area (Å²) in [4.78, 5) is 0.367. The van der Waals surface area contributed by atoms with Crippen molar-refractivity contribution in [1.82, 2.24) is 4.57 Å². The molecule has 0 aliphatic carbocycles. The van der Waals surface area contributed by atoms with Gasteiger partial charge >= 0.3 is 0 Å². The van der Waals surface area contributed by atoms with Gasteiger partial charge in [0.05, 0.1) is 12.2 Å². The van der Waals surface area contributed by atoms with Gasteiger partial charge in [0, 0.05) is 18.2 Å². The maximum Gasteiger partial charge on any atom is 0.123 e. The fraction of sp³-hybridized carbons (Fsp3) is 0.214.